The molecule has 114 valence electrons. The Kier molecular flexibility index (Phi) is 4.07. The van der Waals surface area contributed by atoms with Crippen molar-refractivity contribution in [1.82, 2.24) is 0 Å². The number of carbonyl (C=O) groups excluding carboxylic acids is 1. The second-order valence-corrected chi connectivity index (χ2v) is 2.95. The molecule has 0 aliphatic heterocycles. The van der Waals surface area contributed by atoms with Crippen molar-refractivity contribution in [3.63, 3.8) is 0 Å². The normalized spacial score (nSPS) is 15.3. The third-order valence-corrected chi connectivity index (χ3v) is 1.71. The zero-order chi connectivity index (χ0) is 15.9. The van der Waals surface area contributed by atoms with E-state index in [1.807, 2.05) is 0 Å². The Bertz CT molecular complexity index is 344. The predicted octanol–water partition coefficient (Wildman–Crippen LogP) is 3.22. The second kappa shape index (κ2) is 4.37. The number of alkyl halides is 11. The van der Waals surface area contributed by atoms with Crippen molar-refractivity contribution in [2.45, 2.75) is 30.1 Å². The maximum absolute atomic E-state index is 12.4. The van der Waals surface area contributed by atoms with E-state index in [4.69, 9.17) is 0 Å². The summed E-state index contributed by atoms with van der Waals surface area (Å²) in [6.07, 6.45) is -13.8. The van der Waals surface area contributed by atoms with Crippen molar-refractivity contribution in [2.75, 3.05) is 0 Å². The summed E-state index contributed by atoms with van der Waals surface area (Å²) in [5.41, 5.74) is 0. The van der Waals surface area contributed by atoms with Crippen LogP contribution >= 0.6 is 0 Å². The minimum Gasteiger partial charge on any atom is -0.398 e. The van der Waals surface area contributed by atoms with Gasteiger partial charge in [0.1, 0.15) is 0 Å². The molecule has 0 atom stereocenters. The van der Waals surface area contributed by atoms with E-state index < -0.39 is 36.5 Å². The number of halogens is 11. The van der Waals surface area contributed by atoms with Crippen molar-refractivity contribution >= 4 is 6.47 Å². The molecule has 2 nitrogen and oxygen atoms in total. The van der Waals surface area contributed by atoms with Crippen LogP contribution in [0.25, 0.3) is 0 Å². The first-order valence-corrected chi connectivity index (χ1v) is 3.75. The Labute approximate surface area is 95.7 Å². The third-order valence-electron chi connectivity index (χ3n) is 1.71. The van der Waals surface area contributed by atoms with Gasteiger partial charge in [-0.25, -0.2) is 0 Å². The zero-order valence-corrected chi connectivity index (χ0v) is 8.05. The van der Waals surface area contributed by atoms with Crippen LogP contribution in [0.15, 0.2) is 0 Å². The quantitative estimate of drug-likeness (QED) is 0.575. The van der Waals surface area contributed by atoms with Crippen LogP contribution in [-0.4, -0.2) is 36.5 Å². The zero-order valence-electron chi connectivity index (χ0n) is 8.05. The highest BCUT2D eigenvalue weighted by Gasteiger charge is 2.88. The van der Waals surface area contributed by atoms with Gasteiger partial charge in [0, 0.05) is 0 Å². The standard InChI is InChI=1S/C6HF11O2/c7-2(8,3(9,10)5(13,14)15)4(11,12)6(16,17)19-1-18/h1H. The van der Waals surface area contributed by atoms with Crippen LogP contribution in [0.4, 0.5) is 48.3 Å². The summed E-state index contributed by atoms with van der Waals surface area (Å²) in [7, 11) is 0. The number of rotatable bonds is 5. The van der Waals surface area contributed by atoms with Crippen LogP contribution in [0.3, 0.4) is 0 Å². The van der Waals surface area contributed by atoms with Gasteiger partial charge < -0.3 is 4.74 Å². The molecule has 0 unspecified atom stereocenters. The molecule has 0 aromatic heterocycles. The smallest absolute Gasteiger partial charge is 0.398 e. The summed E-state index contributed by atoms with van der Waals surface area (Å²) in [5, 5.41) is 0. The first-order chi connectivity index (χ1) is 8.06. The van der Waals surface area contributed by atoms with Gasteiger partial charge in [0.2, 0.25) is 0 Å². The third kappa shape index (κ3) is 2.41. The average Bonchev–Trinajstić information content (AvgIpc) is 2.14. The fourth-order valence-electron chi connectivity index (χ4n) is 0.692. The SMILES string of the molecule is O=COC(F)(F)C(F)(F)C(F)(F)C(F)(F)C(F)(F)F. The molecule has 0 bridgehead atoms. The van der Waals surface area contributed by atoms with Crippen LogP contribution in [0, 0.1) is 0 Å². The van der Waals surface area contributed by atoms with Gasteiger partial charge in [0.05, 0.1) is 0 Å². The molecular formula is C6HF11O2. The summed E-state index contributed by atoms with van der Waals surface area (Å²) in [6, 6.07) is 0. The summed E-state index contributed by atoms with van der Waals surface area (Å²) in [6.45, 7) is -1.52. The molecule has 0 aliphatic rings. The van der Waals surface area contributed by atoms with Gasteiger partial charge in [-0.3, -0.25) is 4.79 Å². The number of carbonyl (C=O) groups is 1. The Morgan fingerprint density at radius 3 is 1.26 bits per heavy atom. The van der Waals surface area contributed by atoms with Crippen molar-refractivity contribution in [3.8, 4) is 0 Å². The molecule has 0 saturated carbocycles. The highest BCUT2D eigenvalue weighted by molar-refractivity contribution is 5.38. The molecule has 0 aliphatic carbocycles. The van der Waals surface area contributed by atoms with Crippen molar-refractivity contribution in [3.05, 3.63) is 0 Å². The van der Waals surface area contributed by atoms with Gasteiger partial charge in [-0.1, -0.05) is 0 Å². The summed E-state index contributed by atoms with van der Waals surface area (Å²) in [5.74, 6) is -22.4. The second-order valence-electron chi connectivity index (χ2n) is 2.95. The van der Waals surface area contributed by atoms with Crippen molar-refractivity contribution in [2.24, 2.45) is 0 Å². The van der Waals surface area contributed by atoms with Crippen LogP contribution in [-0.2, 0) is 9.53 Å². The van der Waals surface area contributed by atoms with Gasteiger partial charge in [-0.05, 0) is 0 Å². The lowest BCUT2D eigenvalue weighted by molar-refractivity contribution is -0.448. The highest BCUT2D eigenvalue weighted by atomic mass is 19.4. The minimum atomic E-state index is -7.56. The molecule has 0 radical (unpaired) electrons. The molecule has 0 rings (SSSR count). The maximum atomic E-state index is 12.4. The lowest BCUT2D eigenvalue weighted by Gasteiger charge is -2.35. The summed E-state index contributed by atoms with van der Waals surface area (Å²) >= 11 is 0. The van der Waals surface area contributed by atoms with E-state index in [2.05, 4.69) is 4.74 Å². The van der Waals surface area contributed by atoms with Crippen LogP contribution in [0.1, 0.15) is 0 Å². The largest absolute Gasteiger partial charge is 0.473 e. The fraction of sp³-hybridized carbons (Fsp3) is 0.833. The van der Waals surface area contributed by atoms with E-state index in [1.165, 1.54) is 0 Å². The fourth-order valence-corrected chi connectivity index (χ4v) is 0.692. The van der Waals surface area contributed by atoms with E-state index in [-0.39, 0.29) is 0 Å². The van der Waals surface area contributed by atoms with Gasteiger partial charge >= 0.3 is 30.1 Å². The molecule has 0 saturated heterocycles. The number of ether oxygens (including phenoxy) is 1. The van der Waals surface area contributed by atoms with Gasteiger partial charge in [0.25, 0.3) is 6.47 Å². The molecule has 13 heteroatoms. The van der Waals surface area contributed by atoms with Crippen LogP contribution < -0.4 is 0 Å². The highest BCUT2D eigenvalue weighted by Crippen LogP contribution is 2.57. The minimum absolute atomic E-state index is 1.52. The van der Waals surface area contributed by atoms with E-state index in [0.29, 0.717) is 0 Å². The topological polar surface area (TPSA) is 26.3 Å². The van der Waals surface area contributed by atoms with E-state index in [1.54, 1.807) is 0 Å². The number of hydrogen-bond acceptors (Lipinski definition) is 2. The first kappa shape index (κ1) is 17.7. The molecule has 0 N–H and O–H groups in total. The molecule has 0 spiro atoms. The first-order valence-electron chi connectivity index (χ1n) is 3.75. The Hall–Kier alpha value is -1.30. The maximum Gasteiger partial charge on any atom is 0.473 e. The lowest BCUT2D eigenvalue weighted by Crippen LogP contribution is -2.66. The van der Waals surface area contributed by atoms with Crippen molar-refractivity contribution < 1.29 is 57.8 Å². The molecule has 0 aromatic rings. The molecule has 0 fully saturated rings. The summed E-state index contributed by atoms with van der Waals surface area (Å²) in [4.78, 5) is 9.35. The Balaban J connectivity index is 5.83. The lowest BCUT2D eigenvalue weighted by atomic mass is 10.0. The van der Waals surface area contributed by atoms with E-state index in [9.17, 15) is 53.1 Å². The Morgan fingerprint density at radius 2 is 1.00 bits per heavy atom. The Morgan fingerprint density at radius 1 is 0.632 bits per heavy atom. The molecule has 19 heavy (non-hydrogen) atoms. The molecule has 0 amide bonds. The molecular weight excluding hydrogens is 313 g/mol. The van der Waals surface area contributed by atoms with E-state index >= 15 is 0 Å². The average molecular weight is 314 g/mol. The van der Waals surface area contributed by atoms with Crippen LogP contribution in [0.2, 0.25) is 0 Å². The van der Waals surface area contributed by atoms with Gasteiger partial charge in [-0.15, -0.1) is 0 Å². The monoisotopic (exact) mass is 314 g/mol. The molecule has 0 aromatic carbocycles. The number of hydrogen-bond donors (Lipinski definition) is 0. The predicted molar refractivity (Wildman–Crippen MR) is 33.0 cm³/mol. The van der Waals surface area contributed by atoms with Crippen LogP contribution in [0.5, 0.6) is 0 Å². The molecule has 0 heterocycles. The summed E-state index contributed by atoms with van der Waals surface area (Å²) < 4.78 is 135. The van der Waals surface area contributed by atoms with E-state index in [0.717, 1.165) is 0 Å². The van der Waals surface area contributed by atoms with Gasteiger partial charge in [-0.2, -0.15) is 48.3 Å². The van der Waals surface area contributed by atoms with Crippen molar-refractivity contribution in [1.29, 1.82) is 0 Å². The van der Waals surface area contributed by atoms with Gasteiger partial charge in [0.15, 0.2) is 0 Å².